The topological polar surface area (TPSA) is 33.7 Å². The Morgan fingerprint density at radius 1 is 1.19 bits per heavy atom. The van der Waals surface area contributed by atoms with Crippen molar-refractivity contribution < 1.29 is 9.47 Å². The predicted octanol–water partition coefficient (Wildman–Crippen LogP) is 2.15. The van der Waals surface area contributed by atoms with Gasteiger partial charge in [0, 0.05) is 32.2 Å². The monoisotopic (exact) mass is 290 g/mol. The van der Waals surface area contributed by atoms with Crippen LogP contribution in [-0.4, -0.2) is 50.3 Å². The Bertz CT molecular complexity index is 448. The van der Waals surface area contributed by atoms with E-state index < -0.39 is 0 Å². The van der Waals surface area contributed by atoms with Crippen molar-refractivity contribution in [3.8, 4) is 11.5 Å². The van der Waals surface area contributed by atoms with Gasteiger partial charge in [0.1, 0.15) is 6.61 Å². The average molecular weight is 290 g/mol. The Morgan fingerprint density at radius 3 is 2.67 bits per heavy atom. The maximum absolute atomic E-state index is 5.92. The average Bonchev–Trinajstić information content (AvgIpc) is 3.34. The SMILES string of the molecule is CCOc1ccccc1OCCN1CCNC(C2CC2)C1. The molecule has 1 saturated carbocycles. The molecule has 1 aromatic rings. The summed E-state index contributed by atoms with van der Waals surface area (Å²) in [5, 5.41) is 3.64. The van der Waals surface area contributed by atoms with E-state index in [2.05, 4.69) is 10.2 Å². The quantitative estimate of drug-likeness (QED) is 0.834. The Morgan fingerprint density at radius 2 is 1.95 bits per heavy atom. The molecule has 0 bridgehead atoms. The van der Waals surface area contributed by atoms with Crippen molar-refractivity contribution in [3.05, 3.63) is 24.3 Å². The molecular weight excluding hydrogens is 264 g/mol. The lowest BCUT2D eigenvalue weighted by atomic mass is 10.1. The first-order valence-electron chi connectivity index (χ1n) is 8.17. The molecule has 2 fully saturated rings. The van der Waals surface area contributed by atoms with Crippen LogP contribution in [0.3, 0.4) is 0 Å². The number of para-hydroxylation sites is 2. The van der Waals surface area contributed by atoms with E-state index in [0.717, 1.165) is 43.7 Å². The third kappa shape index (κ3) is 4.11. The molecule has 4 nitrogen and oxygen atoms in total. The molecule has 1 heterocycles. The molecule has 1 saturated heterocycles. The van der Waals surface area contributed by atoms with Crippen LogP contribution in [0.2, 0.25) is 0 Å². The minimum absolute atomic E-state index is 0.668. The Balaban J connectivity index is 1.45. The highest BCUT2D eigenvalue weighted by Crippen LogP contribution is 2.33. The number of piperazine rings is 1. The van der Waals surface area contributed by atoms with Crippen LogP contribution in [0.15, 0.2) is 24.3 Å². The van der Waals surface area contributed by atoms with Crippen LogP contribution in [-0.2, 0) is 0 Å². The molecule has 0 spiro atoms. The summed E-state index contributed by atoms with van der Waals surface area (Å²) >= 11 is 0. The number of nitrogens with zero attached hydrogens (tertiary/aromatic N) is 1. The van der Waals surface area contributed by atoms with Crippen molar-refractivity contribution in [3.63, 3.8) is 0 Å². The lowest BCUT2D eigenvalue weighted by Crippen LogP contribution is -2.52. The summed E-state index contributed by atoms with van der Waals surface area (Å²) in [5.41, 5.74) is 0. The molecule has 3 rings (SSSR count). The zero-order chi connectivity index (χ0) is 14.5. The highest BCUT2D eigenvalue weighted by atomic mass is 16.5. The summed E-state index contributed by atoms with van der Waals surface area (Å²) in [4.78, 5) is 2.52. The zero-order valence-corrected chi connectivity index (χ0v) is 12.9. The molecule has 1 aliphatic heterocycles. The molecule has 21 heavy (non-hydrogen) atoms. The molecular formula is C17H26N2O2. The largest absolute Gasteiger partial charge is 0.490 e. The van der Waals surface area contributed by atoms with Crippen LogP contribution in [0.4, 0.5) is 0 Å². The zero-order valence-electron chi connectivity index (χ0n) is 12.9. The van der Waals surface area contributed by atoms with E-state index in [1.54, 1.807) is 0 Å². The Kier molecular flexibility index (Phi) is 4.99. The second-order valence-corrected chi connectivity index (χ2v) is 5.93. The van der Waals surface area contributed by atoms with Crippen LogP contribution in [0.25, 0.3) is 0 Å². The highest BCUT2D eigenvalue weighted by Gasteiger charge is 2.33. The molecule has 0 radical (unpaired) electrons. The van der Waals surface area contributed by atoms with Gasteiger partial charge in [0.25, 0.3) is 0 Å². The lowest BCUT2D eigenvalue weighted by molar-refractivity contribution is 0.156. The van der Waals surface area contributed by atoms with Gasteiger partial charge in [-0.25, -0.2) is 0 Å². The maximum atomic E-state index is 5.92. The van der Waals surface area contributed by atoms with Crippen molar-refractivity contribution in [1.82, 2.24) is 10.2 Å². The molecule has 4 heteroatoms. The molecule has 1 aliphatic carbocycles. The van der Waals surface area contributed by atoms with Crippen LogP contribution in [0.1, 0.15) is 19.8 Å². The summed E-state index contributed by atoms with van der Waals surface area (Å²) in [7, 11) is 0. The highest BCUT2D eigenvalue weighted by molar-refractivity contribution is 5.39. The van der Waals surface area contributed by atoms with E-state index in [1.807, 2.05) is 31.2 Å². The van der Waals surface area contributed by atoms with Gasteiger partial charge in [-0.05, 0) is 37.8 Å². The Hall–Kier alpha value is -1.26. The van der Waals surface area contributed by atoms with E-state index in [1.165, 1.54) is 19.4 Å². The van der Waals surface area contributed by atoms with Crippen molar-refractivity contribution in [2.24, 2.45) is 5.92 Å². The summed E-state index contributed by atoms with van der Waals surface area (Å²) in [6, 6.07) is 8.62. The van der Waals surface area contributed by atoms with Gasteiger partial charge >= 0.3 is 0 Å². The first kappa shape index (κ1) is 14.7. The number of rotatable bonds is 7. The van der Waals surface area contributed by atoms with Gasteiger partial charge in [0.2, 0.25) is 0 Å². The van der Waals surface area contributed by atoms with Crippen LogP contribution >= 0.6 is 0 Å². The summed E-state index contributed by atoms with van der Waals surface area (Å²) in [6.45, 7) is 7.78. The molecule has 1 aromatic carbocycles. The van der Waals surface area contributed by atoms with Gasteiger partial charge < -0.3 is 14.8 Å². The van der Waals surface area contributed by atoms with Gasteiger partial charge in [-0.1, -0.05) is 12.1 Å². The van der Waals surface area contributed by atoms with Crippen LogP contribution < -0.4 is 14.8 Å². The van der Waals surface area contributed by atoms with Gasteiger partial charge in [0.05, 0.1) is 6.61 Å². The first-order valence-corrected chi connectivity index (χ1v) is 8.17. The number of hydrogen-bond acceptors (Lipinski definition) is 4. The van der Waals surface area contributed by atoms with Crippen LogP contribution in [0, 0.1) is 5.92 Å². The Labute approximate surface area is 127 Å². The van der Waals surface area contributed by atoms with Crippen molar-refractivity contribution in [2.75, 3.05) is 39.4 Å². The van der Waals surface area contributed by atoms with Crippen molar-refractivity contribution in [2.45, 2.75) is 25.8 Å². The van der Waals surface area contributed by atoms with E-state index in [-0.39, 0.29) is 0 Å². The predicted molar refractivity (Wildman–Crippen MR) is 84.1 cm³/mol. The van der Waals surface area contributed by atoms with E-state index in [4.69, 9.17) is 9.47 Å². The molecule has 0 aromatic heterocycles. The summed E-state index contributed by atoms with van der Waals surface area (Å²) in [6.07, 6.45) is 2.81. The first-order chi connectivity index (χ1) is 10.4. The van der Waals surface area contributed by atoms with Gasteiger partial charge in [0.15, 0.2) is 11.5 Å². The second kappa shape index (κ2) is 7.14. The molecule has 2 aliphatic rings. The number of ether oxygens (including phenoxy) is 2. The molecule has 116 valence electrons. The number of nitrogens with one attached hydrogen (secondary N) is 1. The number of benzene rings is 1. The molecule has 0 amide bonds. The second-order valence-electron chi connectivity index (χ2n) is 5.93. The van der Waals surface area contributed by atoms with Gasteiger partial charge in [-0.3, -0.25) is 4.90 Å². The normalized spacial score (nSPS) is 23.0. The minimum atomic E-state index is 0.668. The fraction of sp³-hybridized carbons (Fsp3) is 0.647. The fourth-order valence-corrected chi connectivity index (χ4v) is 2.99. The number of hydrogen-bond donors (Lipinski definition) is 1. The van der Waals surface area contributed by atoms with E-state index in [9.17, 15) is 0 Å². The molecule has 1 N–H and O–H groups in total. The molecule has 1 atom stereocenters. The third-order valence-electron chi connectivity index (χ3n) is 4.29. The smallest absolute Gasteiger partial charge is 0.161 e. The van der Waals surface area contributed by atoms with Crippen molar-refractivity contribution in [1.29, 1.82) is 0 Å². The van der Waals surface area contributed by atoms with Gasteiger partial charge in [-0.15, -0.1) is 0 Å². The van der Waals surface area contributed by atoms with Crippen LogP contribution in [0.5, 0.6) is 11.5 Å². The van der Waals surface area contributed by atoms with E-state index >= 15 is 0 Å². The maximum Gasteiger partial charge on any atom is 0.161 e. The fourth-order valence-electron chi connectivity index (χ4n) is 2.99. The summed E-state index contributed by atoms with van der Waals surface area (Å²) < 4.78 is 11.5. The standard InChI is InChI=1S/C17H26N2O2/c1-2-20-16-5-3-4-6-17(16)21-12-11-19-10-9-18-15(13-19)14-7-8-14/h3-6,14-15,18H,2,7-13H2,1H3. The lowest BCUT2D eigenvalue weighted by Gasteiger charge is -2.33. The van der Waals surface area contributed by atoms with Gasteiger partial charge in [-0.2, -0.15) is 0 Å². The third-order valence-corrected chi connectivity index (χ3v) is 4.29. The van der Waals surface area contributed by atoms with Crippen molar-refractivity contribution >= 4 is 0 Å². The molecule has 1 unspecified atom stereocenters. The minimum Gasteiger partial charge on any atom is -0.490 e. The summed E-state index contributed by atoms with van der Waals surface area (Å²) in [5.74, 6) is 2.62. The van der Waals surface area contributed by atoms with E-state index in [0.29, 0.717) is 12.6 Å².